The van der Waals surface area contributed by atoms with Crippen LogP contribution in [0.1, 0.15) is 0 Å². The maximum Gasteiger partial charge on any atom is 0.0989 e. The summed E-state index contributed by atoms with van der Waals surface area (Å²) in [5.41, 5.74) is 2.45. The fourth-order valence-corrected chi connectivity index (χ4v) is 3.74. The van der Waals surface area contributed by atoms with Crippen molar-refractivity contribution in [1.29, 1.82) is 0 Å². The van der Waals surface area contributed by atoms with Crippen molar-refractivity contribution in [3.05, 3.63) is 97.3 Å². The molecule has 0 amide bonds. The third kappa shape index (κ3) is 3.17. The monoisotopic (exact) mass is 330 g/mol. The molecule has 0 spiro atoms. The van der Waals surface area contributed by atoms with Crippen LogP contribution in [0, 0.1) is 0 Å². The fourth-order valence-electron chi connectivity index (χ4n) is 2.76. The molecule has 0 bridgehead atoms. The van der Waals surface area contributed by atoms with Gasteiger partial charge in [0.15, 0.2) is 0 Å². The number of hydrogen-bond acceptors (Lipinski definition) is 3. The van der Waals surface area contributed by atoms with Gasteiger partial charge in [0.2, 0.25) is 0 Å². The number of benzene rings is 3. The lowest BCUT2D eigenvalue weighted by molar-refractivity contribution is 0.964. The third-order valence-corrected chi connectivity index (χ3v) is 5.04. The van der Waals surface area contributed by atoms with E-state index in [1.54, 1.807) is 11.8 Å². The zero-order valence-corrected chi connectivity index (χ0v) is 14.1. The van der Waals surface area contributed by atoms with Crippen LogP contribution in [0.4, 0.5) is 11.4 Å². The summed E-state index contributed by atoms with van der Waals surface area (Å²) in [6.45, 7) is 0.830. The number of para-hydroxylation sites is 2. The van der Waals surface area contributed by atoms with Gasteiger partial charge in [0, 0.05) is 27.9 Å². The van der Waals surface area contributed by atoms with Crippen molar-refractivity contribution in [3.8, 4) is 0 Å². The van der Waals surface area contributed by atoms with Crippen molar-refractivity contribution in [2.24, 2.45) is 0 Å². The topological polar surface area (TPSA) is 6.48 Å². The molecule has 0 atom stereocenters. The van der Waals surface area contributed by atoms with E-state index in [9.17, 15) is 0 Å². The summed E-state index contributed by atoms with van der Waals surface area (Å²) >= 11 is 1.80. The molecule has 4 rings (SSSR count). The van der Waals surface area contributed by atoms with E-state index >= 15 is 0 Å². The van der Waals surface area contributed by atoms with Crippen LogP contribution in [-0.2, 0) is 0 Å². The van der Waals surface area contributed by atoms with Crippen molar-refractivity contribution in [2.75, 3.05) is 16.5 Å². The molecule has 0 saturated carbocycles. The van der Waals surface area contributed by atoms with Crippen LogP contribution in [0.5, 0.6) is 0 Å². The Balaban J connectivity index is 1.56. The molecule has 0 radical (unpaired) electrons. The lowest BCUT2D eigenvalue weighted by atomic mass is 10.3. The first-order chi connectivity index (χ1) is 11.9. The molecule has 1 aliphatic heterocycles. The van der Waals surface area contributed by atoms with Crippen molar-refractivity contribution < 1.29 is 0 Å². The number of nitrogens with zero attached hydrogens (tertiary/aromatic N) is 2. The largest absolute Gasteiger partial charge is 0.328 e. The standard InChI is InChI=1S/C21H18N2S/c1-3-9-18(10-4-1)22-15-16-23(17-22)20-13-7-8-14-21(20)24-19-11-5-2-6-12-19/h1-16H,17H2. The molecule has 0 unspecified atom stereocenters. The zero-order valence-electron chi connectivity index (χ0n) is 13.2. The Morgan fingerprint density at radius 1 is 0.625 bits per heavy atom. The van der Waals surface area contributed by atoms with E-state index in [0.29, 0.717) is 0 Å². The molecule has 0 aliphatic carbocycles. The second-order valence-electron chi connectivity index (χ2n) is 5.60. The average molecular weight is 330 g/mol. The second-order valence-corrected chi connectivity index (χ2v) is 6.71. The normalized spacial score (nSPS) is 13.5. The lowest BCUT2D eigenvalue weighted by Crippen LogP contribution is -2.24. The average Bonchev–Trinajstić information content (AvgIpc) is 3.14. The Morgan fingerprint density at radius 2 is 1.25 bits per heavy atom. The minimum Gasteiger partial charge on any atom is -0.328 e. The molecular formula is C21H18N2S. The Morgan fingerprint density at radius 3 is 2.04 bits per heavy atom. The van der Waals surface area contributed by atoms with Gasteiger partial charge in [-0.3, -0.25) is 0 Å². The highest BCUT2D eigenvalue weighted by Crippen LogP contribution is 2.36. The van der Waals surface area contributed by atoms with E-state index in [1.807, 2.05) is 6.07 Å². The summed E-state index contributed by atoms with van der Waals surface area (Å²) in [6.07, 6.45) is 4.29. The summed E-state index contributed by atoms with van der Waals surface area (Å²) in [6, 6.07) is 29.6. The number of hydrogen-bond donors (Lipinski definition) is 0. The molecule has 1 aliphatic rings. The quantitative estimate of drug-likeness (QED) is 0.615. The number of rotatable bonds is 4. The molecular weight excluding hydrogens is 312 g/mol. The maximum absolute atomic E-state index is 2.29. The van der Waals surface area contributed by atoms with Gasteiger partial charge in [-0.05, 0) is 36.4 Å². The van der Waals surface area contributed by atoms with Crippen molar-refractivity contribution in [1.82, 2.24) is 0 Å². The first-order valence-corrected chi connectivity index (χ1v) is 8.80. The summed E-state index contributed by atoms with van der Waals surface area (Å²) < 4.78 is 0. The summed E-state index contributed by atoms with van der Waals surface area (Å²) in [5.74, 6) is 0. The van der Waals surface area contributed by atoms with E-state index < -0.39 is 0 Å². The van der Waals surface area contributed by atoms with Gasteiger partial charge in [-0.2, -0.15) is 0 Å². The van der Waals surface area contributed by atoms with Gasteiger partial charge in [0.1, 0.15) is 0 Å². The first-order valence-electron chi connectivity index (χ1n) is 7.99. The number of anilines is 2. The van der Waals surface area contributed by atoms with Crippen LogP contribution in [-0.4, -0.2) is 6.67 Å². The van der Waals surface area contributed by atoms with E-state index in [-0.39, 0.29) is 0 Å². The van der Waals surface area contributed by atoms with E-state index in [4.69, 9.17) is 0 Å². The van der Waals surface area contributed by atoms with E-state index in [0.717, 1.165) is 6.67 Å². The summed E-state index contributed by atoms with van der Waals surface area (Å²) in [4.78, 5) is 7.07. The molecule has 0 aromatic heterocycles. The molecule has 0 saturated heterocycles. The van der Waals surface area contributed by atoms with Gasteiger partial charge in [-0.25, -0.2) is 0 Å². The Hall–Kier alpha value is -2.65. The molecule has 3 aromatic rings. The van der Waals surface area contributed by atoms with Gasteiger partial charge in [-0.15, -0.1) is 0 Å². The second kappa shape index (κ2) is 6.85. The molecule has 24 heavy (non-hydrogen) atoms. The van der Waals surface area contributed by atoms with Gasteiger partial charge in [0.25, 0.3) is 0 Å². The van der Waals surface area contributed by atoms with Gasteiger partial charge in [-0.1, -0.05) is 60.3 Å². The highest BCUT2D eigenvalue weighted by molar-refractivity contribution is 7.99. The van der Waals surface area contributed by atoms with Gasteiger partial charge < -0.3 is 9.80 Å². The fraction of sp³-hybridized carbons (Fsp3) is 0.0476. The molecule has 118 valence electrons. The van der Waals surface area contributed by atoms with Crippen LogP contribution in [0.15, 0.2) is 107 Å². The van der Waals surface area contributed by atoms with Crippen LogP contribution in [0.25, 0.3) is 0 Å². The highest BCUT2D eigenvalue weighted by atomic mass is 32.2. The minimum absolute atomic E-state index is 0.830. The molecule has 1 heterocycles. The molecule has 0 N–H and O–H groups in total. The Kier molecular flexibility index (Phi) is 4.26. The van der Waals surface area contributed by atoms with Crippen molar-refractivity contribution in [2.45, 2.75) is 9.79 Å². The minimum atomic E-state index is 0.830. The predicted molar refractivity (Wildman–Crippen MR) is 102 cm³/mol. The van der Waals surface area contributed by atoms with Gasteiger partial charge >= 0.3 is 0 Å². The zero-order chi connectivity index (χ0) is 16.2. The first kappa shape index (κ1) is 14.9. The Labute approximate surface area is 147 Å². The van der Waals surface area contributed by atoms with E-state index in [2.05, 4.69) is 101 Å². The third-order valence-electron chi connectivity index (χ3n) is 3.96. The molecule has 3 heteroatoms. The summed E-state index contributed by atoms with van der Waals surface area (Å²) in [7, 11) is 0. The van der Waals surface area contributed by atoms with Crippen LogP contribution in [0.2, 0.25) is 0 Å². The SMILES string of the molecule is C1=CN(c2ccccc2Sc2ccccc2)CN1c1ccccc1. The van der Waals surface area contributed by atoms with Crippen molar-refractivity contribution in [3.63, 3.8) is 0 Å². The summed E-state index contributed by atoms with van der Waals surface area (Å²) in [5, 5.41) is 0. The van der Waals surface area contributed by atoms with Crippen LogP contribution < -0.4 is 9.80 Å². The van der Waals surface area contributed by atoms with Crippen LogP contribution >= 0.6 is 11.8 Å². The smallest absolute Gasteiger partial charge is 0.0989 e. The van der Waals surface area contributed by atoms with Crippen LogP contribution in [0.3, 0.4) is 0 Å². The van der Waals surface area contributed by atoms with E-state index in [1.165, 1.54) is 21.2 Å². The predicted octanol–water partition coefficient (Wildman–Crippen LogP) is 5.59. The molecule has 2 nitrogen and oxygen atoms in total. The maximum atomic E-state index is 2.29. The lowest BCUT2D eigenvalue weighted by Gasteiger charge is -2.23. The van der Waals surface area contributed by atoms with Crippen molar-refractivity contribution >= 4 is 23.1 Å². The van der Waals surface area contributed by atoms with Gasteiger partial charge in [0.05, 0.1) is 12.4 Å². The molecule has 0 fully saturated rings. The highest BCUT2D eigenvalue weighted by Gasteiger charge is 2.17. The Bertz CT molecular complexity index is 831. The molecule has 3 aromatic carbocycles.